The summed E-state index contributed by atoms with van der Waals surface area (Å²) in [5.74, 6) is -0.182. The minimum absolute atomic E-state index is 0.182. The topological polar surface area (TPSA) is 102 Å². The number of rotatable bonds is 9. The van der Waals surface area contributed by atoms with E-state index in [9.17, 15) is 14.7 Å². The van der Waals surface area contributed by atoms with E-state index in [0.29, 0.717) is 12.8 Å². The van der Waals surface area contributed by atoms with Gasteiger partial charge >= 0.3 is 6.09 Å². The van der Waals surface area contributed by atoms with Crippen molar-refractivity contribution in [1.29, 1.82) is 0 Å². The van der Waals surface area contributed by atoms with Gasteiger partial charge in [0.15, 0.2) is 0 Å². The molecule has 2 aromatic carbocycles. The molecule has 0 saturated heterocycles. The van der Waals surface area contributed by atoms with Crippen LogP contribution in [0.25, 0.3) is 0 Å². The van der Waals surface area contributed by atoms with Gasteiger partial charge in [-0.1, -0.05) is 60.7 Å². The third-order valence-electron chi connectivity index (χ3n) is 4.23. The van der Waals surface area contributed by atoms with Crippen molar-refractivity contribution in [2.45, 2.75) is 44.4 Å². The largest absolute Gasteiger partial charge is 0.443 e. The van der Waals surface area contributed by atoms with Crippen LogP contribution < -0.4 is 11.1 Å². The standard InChI is InChI=1S/C21H26N2O4/c1-15(24)23-18(12-16-8-4-2-5-9-16)14-19(25)20(27-21(22)26)13-17-10-6-3-7-11-17/h2-11,18-20,25H,12-14H2,1H3,(H2,22,26)(H,23,24)/t18-,19-,20-/m0/s1. The number of benzene rings is 2. The number of carbonyl (C=O) groups excluding carboxylic acids is 2. The number of nitrogens with one attached hydrogen (secondary N) is 1. The zero-order chi connectivity index (χ0) is 19.6. The molecule has 2 aromatic rings. The van der Waals surface area contributed by atoms with E-state index in [1.165, 1.54) is 6.92 Å². The van der Waals surface area contributed by atoms with Crippen molar-refractivity contribution >= 4 is 12.0 Å². The van der Waals surface area contributed by atoms with E-state index in [1.807, 2.05) is 60.7 Å². The van der Waals surface area contributed by atoms with E-state index in [2.05, 4.69) is 5.32 Å². The lowest BCUT2D eigenvalue weighted by atomic mass is 9.95. The van der Waals surface area contributed by atoms with E-state index in [1.54, 1.807) is 0 Å². The van der Waals surface area contributed by atoms with Crippen LogP contribution in [0, 0.1) is 0 Å². The Hall–Kier alpha value is -2.86. The third kappa shape index (κ3) is 7.50. The number of hydrogen-bond acceptors (Lipinski definition) is 4. The van der Waals surface area contributed by atoms with Gasteiger partial charge in [-0.3, -0.25) is 4.79 Å². The smallest absolute Gasteiger partial charge is 0.404 e. The van der Waals surface area contributed by atoms with Gasteiger partial charge in [0.25, 0.3) is 0 Å². The summed E-state index contributed by atoms with van der Waals surface area (Å²) in [5, 5.41) is 13.6. The molecule has 2 rings (SSSR count). The monoisotopic (exact) mass is 370 g/mol. The van der Waals surface area contributed by atoms with Crippen LogP contribution in [0.1, 0.15) is 24.5 Å². The molecular weight excluding hydrogens is 344 g/mol. The Balaban J connectivity index is 2.08. The molecule has 0 aromatic heterocycles. The lowest BCUT2D eigenvalue weighted by Gasteiger charge is -2.27. The maximum atomic E-state index is 11.6. The molecule has 0 spiro atoms. The first-order valence-corrected chi connectivity index (χ1v) is 8.93. The van der Waals surface area contributed by atoms with Crippen molar-refractivity contribution in [2.75, 3.05) is 0 Å². The molecule has 0 heterocycles. The summed E-state index contributed by atoms with van der Waals surface area (Å²) in [6, 6.07) is 18.8. The van der Waals surface area contributed by atoms with E-state index in [-0.39, 0.29) is 18.4 Å². The zero-order valence-corrected chi connectivity index (χ0v) is 15.4. The fraction of sp³-hybridized carbons (Fsp3) is 0.333. The van der Waals surface area contributed by atoms with Crippen LogP contribution in [-0.4, -0.2) is 35.4 Å². The predicted octanol–water partition coefficient (Wildman–Crippen LogP) is 2.19. The van der Waals surface area contributed by atoms with Crippen LogP contribution in [0.3, 0.4) is 0 Å². The van der Waals surface area contributed by atoms with Gasteiger partial charge in [0, 0.05) is 19.4 Å². The molecule has 0 unspecified atom stereocenters. The van der Waals surface area contributed by atoms with Crippen molar-refractivity contribution < 1.29 is 19.4 Å². The van der Waals surface area contributed by atoms with Crippen LogP contribution in [0.5, 0.6) is 0 Å². The molecule has 0 bridgehead atoms. The summed E-state index contributed by atoms with van der Waals surface area (Å²) in [7, 11) is 0. The number of aliphatic hydroxyl groups excluding tert-OH is 1. The van der Waals surface area contributed by atoms with Gasteiger partial charge in [0.2, 0.25) is 5.91 Å². The van der Waals surface area contributed by atoms with Crippen LogP contribution in [0.4, 0.5) is 4.79 Å². The molecule has 0 fully saturated rings. The second kappa shape index (κ2) is 10.3. The number of hydrogen-bond donors (Lipinski definition) is 3. The molecule has 0 aliphatic carbocycles. The van der Waals surface area contributed by atoms with E-state index < -0.39 is 18.3 Å². The average molecular weight is 370 g/mol. The summed E-state index contributed by atoms with van der Waals surface area (Å²) in [6.07, 6.45) is -1.57. The number of aliphatic hydroxyl groups is 1. The zero-order valence-electron chi connectivity index (χ0n) is 15.4. The highest BCUT2D eigenvalue weighted by atomic mass is 16.6. The van der Waals surface area contributed by atoms with Crippen LogP contribution in [0.15, 0.2) is 60.7 Å². The lowest BCUT2D eigenvalue weighted by Crippen LogP contribution is -2.43. The molecule has 2 amide bonds. The number of amides is 2. The van der Waals surface area contributed by atoms with Crippen LogP contribution in [-0.2, 0) is 22.4 Å². The maximum absolute atomic E-state index is 11.6. The minimum Gasteiger partial charge on any atom is -0.443 e. The van der Waals surface area contributed by atoms with Crippen molar-refractivity contribution in [1.82, 2.24) is 5.32 Å². The first kappa shape index (κ1) is 20.5. The van der Waals surface area contributed by atoms with Gasteiger partial charge < -0.3 is 20.9 Å². The second-order valence-electron chi connectivity index (χ2n) is 6.56. The highest BCUT2D eigenvalue weighted by Crippen LogP contribution is 2.16. The molecule has 0 aliphatic heterocycles. The van der Waals surface area contributed by atoms with Gasteiger partial charge in [-0.15, -0.1) is 0 Å². The Kier molecular flexibility index (Phi) is 7.82. The number of carbonyl (C=O) groups is 2. The number of ether oxygens (including phenoxy) is 1. The first-order chi connectivity index (χ1) is 12.9. The van der Waals surface area contributed by atoms with Crippen molar-refractivity contribution in [3.8, 4) is 0 Å². The molecule has 4 N–H and O–H groups in total. The fourth-order valence-electron chi connectivity index (χ4n) is 3.07. The number of primary amides is 1. The van der Waals surface area contributed by atoms with Gasteiger partial charge in [-0.25, -0.2) is 4.79 Å². The normalized spacial score (nSPS) is 14.0. The molecule has 144 valence electrons. The van der Waals surface area contributed by atoms with E-state index in [4.69, 9.17) is 10.5 Å². The Labute approximate surface area is 159 Å². The Morgan fingerprint density at radius 1 is 1.00 bits per heavy atom. The maximum Gasteiger partial charge on any atom is 0.404 e. The van der Waals surface area contributed by atoms with Crippen molar-refractivity contribution in [3.63, 3.8) is 0 Å². The molecule has 27 heavy (non-hydrogen) atoms. The van der Waals surface area contributed by atoms with Crippen LogP contribution in [0.2, 0.25) is 0 Å². The lowest BCUT2D eigenvalue weighted by molar-refractivity contribution is -0.120. The molecular formula is C21H26N2O4. The van der Waals surface area contributed by atoms with Crippen molar-refractivity contribution in [3.05, 3.63) is 71.8 Å². The van der Waals surface area contributed by atoms with Crippen LogP contribution >= 0.6 is 0 Å². The Bertz CT molecular complexity index is 721. The SMILES string of the molecule is CC(=O)N[C@@H](Cc1ccccc1)C[C@H](O)[C@H](Cc1ccccc1)OC(N)=O. The molecule has 3 atom stereocenters. The average Bonchev–Trinajstić information content (AvgIpc) is 2.62. The summed E-state index contributed by atoms with van der Waals surface area (Å²) >= 11 is 0. The van der Waals surface area contributed by atoms with Gasteiger partial charge in [0.05, 0.1) is 6.10 Å². The van der Waals surface area contributed by atoms with Gasteiger partial charge in [-0.2, -0.15) is 0 Å². The molecule has 0 saturated carbocycles. The third-order valence-corrected chi connectivity index (χ3v) is 4.23. The fourth-order valence-corrected chi connectivity index (χ4v) is 3.07. The Morgan fingerprint density at radius 3 is 2.00 bits per heavy atom. The summed E-state index contributed by atoms with van der Waals surface area (Å²) < 4.78 is 5.15. The molecule has 6 nitrogen and oxygen atoms in total. The highest BCUT2D eigenvalue weighted by Gasteiger charge is 2.26. The van der Waals surface area contributed by atoms with Gasteiger partial charge in [-0.05, 0) is 24.0 Å². The molecule has 0 radical (unpaired) electrons. The summed E-state index contributed by atoms with van der Waals surface area (Å²) in [6.45, 7) is 1.44. The summed E-state index contributed by atoms with van der Waals surface area (Å²) in [4.78, 5) is 22.8. The predicted molar refractivity (Wildman–Crippen MR) is 103 cm³/mol. The summed E-state index contributed by atoms with van der Waals surface area (Å²) in [5.41, 5.74) is 7.14. The highest BCUT2D eigenvalue weighted by molar-refractivity contribution is 5.73. The van der Waals surface area contributed by atoms with E-state index >= 15 is 0 Å². The van der Waals surface area contributed by atoms with Crippen molar-refractivity contribution in [2.24, 2.45) is 5.73 Å². The number of nitrogens with two attached hydrogens (primary N) is 1. The molecule has 6 heteroatoms. The molecule has 0 aliphatic rings. The second-order valence-corrected chi connectivity index (χ2v) is 6.56. The van der Waals surface area contributed by atoms with E-state index in [0.717, 1.165) is 11.1 Å². The first-order valence-electron chi connectivity index (χ1n) is 8.93. The van der Waals surface area contributed by atoms with Gasteiger partial charge in [0.1, 0.15) is 6.10 Å². The quantitative estimate of drug-likeness (QED) is 0.630. The Morgan fingerprint density at radius 2 is 1.52 bits per heavy atom. The minimum atomic E-state index is -0.974.